The highest BCUT2D eigenvalue weighted by Gasteiger charge is 2.16. The van der Waals surface area contributed by atoms with Crippen LogP contribution in [0.1, 0.15) is 36.0 Å². The highest BCUT2D eigenvalue weighted by atomic mass is 16.5. The molecule has 1 fully saturated rings. The van der Waals surface area contributed by atoms with Gasteiger partial charge in [0.15, 0.2) is 6.29 Å². The Morgan fingerprint density at radius 1 is 1.11 bits per heavy atom. The molecule has 2 aromatic rings. The van der Waals surface area contributed by atoms with Crippen molar-refractivity contribution >= 4 is 17.1 Å². The fourth-order valence-electron chi connectivity index (χ4n) is 2.91. The van der Waals surface area contributed by atoms with Gasteiger partial charge in [0.1, 0.15) is 5.75 Å². The Hall–Kier alpha value is -1.83. The van der Waals surface area contributed by atoms with Crippen molar-refractivity contribution in [3.63, 3.8) is 0 Å². The number of fused-ring (bicyclic) bond motifs is 1. The molecule has 0 bridgehead atoms. The summed E-state index contributed by atoms with van der Waals surface area (Å²) in [5.41, 5.74) is 0.677. The Balaban J connectivity index is 1.87. The number of carbonyl (C=O) groups excluding carboxylic acids is 1. The van der Waals surface area contributed by atoms with E-state index in [1.807, 2.05) is 36.4 Å². The lowest BCUT2D eigenvalue weighted by Gasteiger charge is -2.14. The van der Waals surface area contributed by atoms with Crippen LogP contribution in [0, 0.1) is 5.92 Å². The Bertz CT molecular complexity index is 583. The molecule has 0 N–H and O–H groups in total. The van der Waals surface area contributed by atoms with Crippen LogP contribution in [0.2, 0.25) is 0 Å². The molecule has 3 rings (SSSR count). The van der Waals surface area contributed by atoms with Crippen molar-refractivity contribution in [2.45, 2.75) is 25.7 Å². The van der Waals surface area contributed by atoms with E-state index in [4.69, 9.17) is 4.74 Å². The van der Waals surface area contributed by atoms with Crippen molar-refractivity contribution in [3.05, 3.63) is 42.0 Å². The molecular weight excluding hydrogens is 236 g/mol. The van der Waals surface area contributed by atoms with E-state index >= 15 is 0 Å². The summed E-state index contributed by atoms with van der Waals surface area (Å²) < 4.78 is 5.89. The first-order valence-corrected chi connectivity index (χ1v) is 6.98. The van der Waals surface area contributed by atoms with E-state index < -0.39 is 0 Å². The summed E-state index contributed by atoms with van der Waals surface area (Å²) in [6.07, 6.45) is 6.04. The van der Waals surface area contributed by atoms with Crippen LogP contribution in [0.25, 0.3) is 10.8 Å². The highest BCUT2D eigenvalue weighted by Crippen LogP contribution is 2.29. The van der Waals surface area contributed by atoms with Crippen LogP contribution in [0.4, 0.5) is 0 Å². The van der Waals surface area contributed by atoms with Gasteiger partial charge in [0, 0.05) is 0 Å². The molecule has 0 spiro atoms. The van der Waals surface area contributed by atoms with E-state index in [0.717, 1.165) is 29.4 Å². The largest absolute Gasteiger partial charge is 0.493 e. The van der Waals surface area contributed by atoms with Crippen LogP contribution in [-0.2, 0) is 0 Å². The third-order valence-electron chi connectivity index (χ3n) is 4.00. The number of aldehydes is 1. The molecule has 0 radical (unpaired) electrons. The lowest BCUT2D eigenvalue weighted by molar-refractivity contribution is 0.112. The molecule has 0 aliphatic heterocycles. The van der Waals surface area contributed by atoms with E-state index in [1.54, 1.807) is 0 Å². The lowest BCUT2D eigenvalue weighted by Crippen LogP contribution is -2.09. The van der Waals surface area contributed by atoms with Crippen molar-refractivity contribution < 1.29 is 9.53 Å². The number of benzene rings is 2. The minimum Gasteiger partial charge on any atom is -0.493 e. The fraction of sp³-hybridized carbons (Fsp3) is 0.353. The molecule has 0 amide bonds. The summed E-state index contributed by atoms with van der Waals surface area (Å²) in [4.78, 5) is 11.4. The zero-order valence-corrected chi connectivity index (χ0v) is 11.0. The molecule has 1 aliphatic carbocycles. The van der Waals surface area contributed by atoms with Crippen molar-refractivity contribution in [2.24, 2.45) is 5.92 Å². The standard InChI is InChI=1S/C17H18O2/c18-11-16-15-8-4-3-7-14(15)9-10-17(16)19-12-13-5-1-2-6-13/h3-4,7-11,13H,1-2,5-6,12H2. The molecule has 1 saturated carbocycles. The molecule has 0 unspecified atom stereocenters. The maximum atomic E-state index is 11.4. The smallest absolute Gasteiger partial charge is 0.154 e. The normalized spacial score (nSPS) is 15.8. The van der Waals surface area contributed by atoms with Crippen LogP contribution in [0.3, 0.4) is 0 Å². The first kappa shape index (κ1) is 12.2. The van der Waals surface area contributed by atoms with Gasteiger partial charge < -0.3 is 4.74 Å². The molecule has 0 heterocycles. The summed E-state index contributed by atoms with van der Waals surface area (Å²) in [6.45, 7) is 0.735. The molecule has 0 aromatic heterocycles. The van der Waals surface area contributed by atoms with Gasteiger partial charge in [0.05, 0.1) is 12.2 Å². The SMILES string of the molecule is O=Cc1c(OCC2CCCC2)ccc2ccccc12. The van der Waals surface area contributed by atoms with Gasteiger partial charge in [-0.15, -0.1) is 0 Å². The number of rotatable bonds is 4. The van der Waals surface area contributed by atoms with E-state index in [-0.39, 0.29) is 0 Å². The first-order chi connectivity index (χ1) is 9.38. The van der Waals surface area contributed by atoms with Crippen LogP contribution in [-0.4, -0.2) is 12.9 Å². The van der Waals surface area contributed by atoms with E-state index in [0.29, 0.717) is 11.5 Å². The fourth-order valence-corrected chi connectivity index (χ4v) is 2.91. The minimum absolute atomic E-state index is 0.658. The molecule has 19 heavy (non-hydrogen) atoms. The average molecular weight is 254 g/mol. The van der Waals surface area contributed by atoms with E-state index in [2.05, 4.69) is 0 Å². The molecule has 1 aliphatic rings. The zero-order chi connectivity index (χ0) is 13.1. The molecule has 2 aromatic carbocycles. The van der Waals surface area contributed by atoms with Gasteiger partial charge in [-0.2, -0.15) is 0 Å². The molecule has 2 heteroatoms. The second kappa shape index (κ2) is 5.43. The molecule has 2 nitrogen and oxygen atoms in total. The summed E-state index contributed by atoms with van der Waals surface area (Å²) in [6, 6.07) is 11.9. The second-order valence-electron chi connectivity index (χ2n) is 5.28. The summed E-state index contributed by atoms with van der Waals surface area (Å²) in [5, 5.41) is 2.05. The zero-order valence-electron chi connectivity index (χ0n) is 11.0. The summed E-state index contributed by atoms with van der Waals surface area (Å²) in [5.74, 6) is 1.38. The third-order valence-corrected chi connectivity index (χ3v) is 4.00. The minimum atomic E-state index is 0.658. The predicted octanol–water partition coefficient (Wildman–Crippen LogP) is 4.22. The van der Waals surface area contributed by atoms with E-state index in [9.17, 15) is 4.79 Å². The van der Waals surface area contributed by atoms with Gasteiger partial charge in [-0.25, -0.2) is 0 Å². The van der Waals surface area contributed by atoms with Crippen molar-refractivity contribution in [1.29, 1.82) is 0 Å². The number of ether oxygens (including phenoxy) is 1. The van der Waals surface area contributed by atoms with E-state index in [1.165, 1.54) is 25.7 Å². The summed E-state index contributed by atoms with van der Waals surface area (Å²) >= 11 is 0. The summed E-state index contributed by atoms with van der Waals surface area (Å²) in [7, 11) is 0. The van der Waals surface area contributed by atoms with Gasteiger partial charge in [0.2, 0.25) is 0 Å². The number of carbonyl (C=O) groups is 1. The monoisotopic (exact) mass is 254 g/mol. The Labute approximate surface area is 113 Å². The van der Waals surface area contributed by atoms with Crippen LogP contribution in [0.15, 0.2) is 36.4 Å². The highest BCUT2D eigenvalue weighted by molar-refractivity contribution is 6.00. The van der Waals surface area contributed by atoms with Crippen LogP contribution < -0.4 is 4.74 Å². The topological polar surface area (TPSA) is 26.3 Å². The maximum absolute atomic E-state index is 11.4. The van der Waals surface area contributed by atoms with Crippen LogP contribution >= 0.6 is 0 Å². The molecule has 0 atom stereocenters. The Morgan fingerprint density at radius 2 is 1.89 bits per heavy atom. The van der Waals surface area contributed by atoms with Gasteiger partial charge in [0.25, 0.3) is 0 Å². The first-order valence-electron chi connectivity index (χ1n) is 6.98. The maximum Gasteiger partial charge on any atom is 0.154 e. The predicted molar refractivity (Wildman–Crippen MR) is 76.8 cm³/mol. The van der Waals surface area contributed by atoms with Gasteiger partial charge in [-0.05, 0) is 35.6 Å². The third kappa shape index (κ3) is 2.48. The molecule has 98 valence electrons. The second-order valence-corrected chi connectivity index (χ2v) is 5.28. The number of hydrogen-bond donors (Lipinski definition) is 0. The van der Waals surface area contributed by atoms with Crippen molar-refractivity contribution in [1.82, 2.24) is 0 Å². The number of hydrogen-bond acceptors (Lipinski definition) is 2. The van der Waals surface area contributed by atoms with Crippen LogP contribution in [0.5, 0.6) is 5.75 Å². The lowest BCUT2D eigenvalue weighted by atomic mass is 10.0. The average Bonchev–Trinajstić information content (AvgIpc) is 2.97. The van der Waals surface area contributed by atoms with Crippen molar-refractivity contribution in [2.75, 3.05) is 6.61 Å². The van der Waals surface area contributed by atoms with Gasteiger partial charge in [-0.3, -0.25) is 4.79 Å². The van der Waals surface area contributed by atoms with Crippen molar-refractivity contribution in [3.8, 4) is 5.75 Å². The quantitative estimate of drug-likeness (QED) is 0.763. The van der Waals surface area contributed by atoms with Gasteiger partial charge >= 0.3 is 0 Å². The molecular formula is C17H18O2. The Kier molecular flexibility index (Phi) is 3.49. The Morgan fingerprint density at radius 3 is 2.68 bits per heavy atom. The molecule has 0 saturated heterocycles. The van der Waals surface area contributed by atoms with Gasteiger partial charge in [-0.1, -0.05) is 43.2 Å².